The molecule has 4 heteroatoms. The molecule has 0 spiro atoms. The molecule has 0 saturated carbocycles. The first-order chi connectivity index (χ1) is 31.6. The Labute approximate surface area is 372 Å². The van der Waals surface area contributed by atoms with Gasteiger partial charge in [-0.15, -0.1) is 0 Å². The van der Waals surface area contributed by atoms with Crippen LogP contribution < -0.4 is 9.80 Å². The Morgan fingerprint density at radius 1 is 0.281 bits per heavy atom. The van der Waals surface area contributed by atoms with Crippen LogP contribution in [0.2, 0.25) is 0 Å². The highest BCUT2D eigenvalue weighted by molar-refractivity contribution is 6.12. The van der Waals surface area contributed by atoms with E-state index in [0.717, 1.165) is 56.5 Å². The number of benzene rings is 10. The van der Waals surface area contributed by atoms with Gasteiger partial charge < -0.3 is 18.9 Å². The summed E-state index contributed by atoms with van der Waals surface area (Å²) in [5, 5.41) is 7.28. The number of aryl methyl sites for hydroxylation is 2. The van der Waals surface area contributed by atoms with Gasteiger partial charge in [-0.1, -0.05) is 121 Å². The standard InChI is InChI=1S/C60H44N4/c1-41-35-42(2)37-50(36-41)61(44-19-5-3-6-20-44)48-31-33-59-54(39-48)52-26-11-13-28-57(52)63(59)46-23-16-24-47(38-46)64-58-29-14-12-27-53(58)55-40-49(32-34-60(55)64)62(45-21-7-4-8-22-45)56-30-15-18-43-17-9-10-25-51(43)56/h3-40H,1-2H3. The highest BCUT2D eigenvalue weighted by Crippen LogP contribution is 2.44. The minimum atomic E-state index is 1.11. The van der Waals surface area contributed by atoms with Gasteiger partial charge in [-0.2, -0.15) is 0 Å². The van der Waals surface area contributed by atoms with Crippen molar-refractivity contribution < 1.29 is 0 Å². The van der Waals surface area contributed by atoms with Crippen molar-refractivity contribution in [1.29, 1.82) is 0 Å². The lowest BCUT2D eigenvalue weighted by Gasteiger charge is -2.27. The highest BCUT2D eigenvalue weighted by atomic mass is 15.2. The van der Waals surface area contributed by atoms with E-state index >= 15 is 0 Å². The minimum absolute atomic E-state index is 1.11. The van der Waals surface area contributed by atoms with Gasteiger partial charge >= 0.3 is 0 Å². The number of anilines is 6. The molecule has 10 aromatic carbocycles. The monoisotopic (exact) mass is 820 g/mol. The molecule has 0 aliphatic rings. The number of nitrogens with zero attached hydrogens (tertiary/aromatic N) is 4. The normalized spacial score (nSPS) is 11.6. The van der Waals surface area contributed by atoms with Crippen LogP contribution in [0.1, 0.15) is 11.1 Å². The second kappa shape index (κ2) is 15.2. The zero-order valence-corrected chi connectivity index (χ0v) is 35.7. The second-order valence-corrected chi connectivity index (χ2v) is 16.8. The Morgan fingerprint density at radius 2 is 0.734 bits per heavy atom. The van der Waals surface area contributed by atoms with Crippen LogP contribution in [0.3, 0.4) is 0 Å². The van der Waals surface area contributed by atoms with Gasteiger partial charge in [0.2, 0.25) is 0 Å². The van der Waals surface area contributed by atoms with Crippen molar-refractivity contribution in [2.45, 2.75) is 13.8 Å². The van der Waals surface area contributed by atoms with E-state index in [0.29, 0.717) is 0 Å². The molecule has 0 atom stereocenters. The lowest BCUT2D eigenvalue weighted by Crippen LogP contribution is -2.10. The van der Waals surface area contributed by atoms with E-state index in [4.69, 9.17) is 0 Å². The van der Waals surface area contributed by atoms with E-state index in [-0.39, 0.29) is 0 Å². The van der Waals surface area contributed by atoms with Crippen LogP contribution in [-0.2, 0) is 0 Å². The van der Waals surface area contributed by atoms with Gasteiger partial charge in [0.1, 0.15) is 0 Å². The maximum atomic E-state index is 2.43. The van der Waals surface area contributed by atoms with E-state index in [1.54, 1.807) is 0 Å². The fraction of sp³-hybridized carbons (Fsp3) is 0.0333. The van der Waals surface area contributed by atoms with Crippen molar-refractivity contribution >= 4 is 88.5 Å². The highest BCUT2D eigenvalue weighted by Gasteiger charge is 2.21. The van der Waals surface area contributed by atoms with Gasteiger partial charge in [-0.05, 0) is 140 Å². The van der Waals surface area contributed by atoms with E-state index in [2.05, 4.69) is 263 Å². The molecular formula is C60H44N4. The lowest BCUT2D eigenvalue weighted by molar-refractivity contribution is 1.13. The molecule has 64 heavy (non-hydrogen) atoms. The Balaban J connectivity index is 1.01. The molecule has 0 N–H and O–H groups in total. The van der Waals surface area contributed by atoms with Crippen molar-refractivity contribution in [2.75, 3.05) is 9.80 Å². The topological polar surface area (TPSA) is 16.3 Å². The Hall–Kier alpha value is -8.34. The predicted molar refractivity (Wildman–Crippen MR) is 271 cm³/mol. The third-order valence-corrected chi connectivity index (χ3v) is 12.7. The zero-order chi connectivity index (χ0) is 42.7. The zero-order valence-electron chi connectivity index (χ0n) is 35.7. The number of para-hydroxylation sites is 4. The number of fused-ring (bicyclic) bond motifs is 7. The summed E-state index contributed by atoms with van der Waals surface area (Å²) in [4.78, 5) is 4.77. The van der Waals surface area contributed by atoms with Gasteiger partial charge in [0.05, 0.1) is 27.8 Å². The predicted octanol–water partition coefficient (Wildman–Crippen LogP) is 16.6. The van der Waals surface area contributed by atoms with Crippen molar-refractivity contribution in [3.05, 3.63) is 242 Å². The van der Waals surface area contributed by atoms with Gasteiger partial charge in [0.25, 0.3) is 0 Å². The number of hydrogen-bond acceptors (Lipinski definition) is 2. The van der Waals surface area contributed by atoms with Crippen LogP contribution in [0.25, 0.3) is 65.8 Å². The molecule has 12 rings (SSSR count). The minimum Gasteiger partial charge on any atom is -0.310 e. The first-order valence-corrected chi connectivity index (χ1v) is 22.0. The van der Waals surface area contributed by atoms with Crippen LogP contribution in [0.15, 0.2) is 231 Å². The van der Waals surface area contributed by atoms with Crippen LogP contribution in [0, 0.1) is 13.8 Å². The van der Waals surface area contributed by atoms with E-state index < -0.39 is 0 Å². The summed E-state index contributed by atoms with van der Waals surface area (Å²) in [6.45, 7) is 4.35. The van der Waals surface area contributed by atoms with E-state index in [1.165, 1.54) is 54.5 Å². The van der Waals surface area contributed by atoms with Crippen molar-refractivity contribution in [1.82, 2.24) is 9.13 Å². The molecule has 0 radical (unpaired) electrons. The third kappa shape index (κ3) is 6.22. The summed E-state index contributed by atoms with van der Waals surface area (Å²) >= 11 is 0. The molecule has 0 saturated heterocycles. The van der Waals surface area contributed by atoms with Crippen molar-refractivity contribution in [3.8, 4) is 11.4 Å². The Morgan fingerprint density at radius 3 is 1.33 bits per heavy atom. The third-order valence-electron chi connectivity index (χ3n) is 12.7. The molecule has 2 aromatic heterocycles. The maximum absolute atomic E-state index is 2.43. The van der Waals surface area contributed by atoms with Gasteiger partial charge in [0, 0.05) is 66.7 Å². The molecule has 0 aliphatic carbocycles. The largest absolute Gasteiger partial charge is 0.310 e. The van der Waals surface area contributed by atoms with Crippen molar-refractivity contribution in [2.24, 2.45) is 0 Å². The molecule has 4 nitrogen and oxygen atoms in total. The summed E-state index contributed by atoms with van der Waals surface area (Å²) in [6, 6.07) is 83.9. The maximum Gasteiger partial charge on any atom is 0.0542 e. The first kappa shape index (κ1) is 37.4. The summed E-state index contributed by atoms with van der Waals surface area (Å²) in [6.07, 6.45) is 0. The second-order valence-electron chi connectivity index (χ2n) is 16.8. The van der Waals surface area contributed by atoms with Crippen molar-refractivity contribution in [3.63, 3.8) is 0 Å². The number of hydrogen-bond donors (Lipinski definition) is 0. The van der Waals surface area contributed by atoms with E-state index in [9.17, 15) is 0 Å². The van der Waals surface area contributed by atoms with Gasteiger partial charge in [-0.3, -0.25) is 0 Å². The van der Waals surface area contributed by atoms with Crippen LogP contribution in [0.5, 0.6) is 0 Å². The average molecular weight is 821 g/mol. The number of aromatic nitrogens is 2. The molecule has 0 unspecified atom stereocenters. The fourth-order valence-electron chi connectivity index (χ4n) is 10.0. The Kier molecular flexibility index (Phi) is 8.91. The van der Waals surface area contributed by atoms with E-state index in [1.807, 2.05) is 0 Å². The fourth-order valence-corrected chi connectivity index (χ4v) is 10.0. The molecular weight excluding hydrogens is 777 g/mol. The summed E-state index contributed by atoms with van der Waals surface area (Å²) in [7, 11) is 0. The van der Waals surface area contributed by atoms with Crippen LogP contribution in [-0.4, -0.2) is 9.13 Å². The lowest BCUT2D eigenvalue weighted by atomic mass is 10.1. The summed E-state index contributed by atoms with van der Waals surface area (Å²) in [5.41, 5.74) is 16.1. The molecule has 304 valence electrons. The molecule has 12 aromatic rings. The first-order valence-electron chi connectivity index (χ1n) is 22.0. The SMILES string of the molecule is Cc1cc(C)cc(N(c2ccccc2)c2ccc3c(c2)c2ccccc2n3-c2cccc(-n3c4ccccc4c4cc(N(c5ccccc5)c5cccc6ccccc56)ccc43)c2)c1. The van der Waals surface area contributed by atoms with Gasteiger partial charge in [-0.25, -0.2) is 0 Å². The molecule has 0 bridgehead atoms. The van der Waals surface area contributed by atoms with Gasteiger partial charge in [0.15, 0.2) is 0 Å². The molecule has 0 aliphatic heterocycles. The summed E-state index contributed by atoms with van der Waals surface area (Å²) in [5.74, 6) is 0. The quantitative estimate of drug-likeness (QED) is 0.152. The average Bonchev–Trinajstić information content (AvgIpc) is 3.85. The van der Waals surface area contributed by atoms with Crippen LogP contribution >= 0.6 is 0 Å². The number of rotatable bonds is 8. The van der Waals surface area contributed by atoms with Crippen LogP contribution in [0.4, 0.5) is 34.1 Å². The molecule has 0 amide bonds. The summed E-state index contributed by atoms with van der Waals surface area (Å²) < 4.78 is 4.85. The molecule has 2 heterocycles. The molecule has 0 fully saturated rings. The smallest absolute Gasteiger partial charge is 0.0542 e. The Bertz CT molecular complexity index is 3690.